The minimum Gasteiger partial charge on any atom is -0.339 e. The third-order valence-corrected chi connectivity index (χ3v) is 4.92. The SMILES string of the molecule is C(=Cc1ccccc1)CNC1CCCN(Cc2noc(C3CC3)n2)C1. The molecule has 5 heteroatoms. The number of hydrogen-bond acceptors (Lipinski definition) is 5. The van der Waals surface area contributed by atoms with Gasteiger partial charge >= 0.3 is 0 Å². The Labute approximate surface area is 149 Å². The molecule has 1 aromatic heterocycles. The van der Waals surface area contributed by atoms with Gasteiger partial charge in [0.15, 0.2) is 5.82 Å². The van der Waals surface area contributed by atoms with Crippen LogP contribution in [0, 0.1) is 0 Å². The van der Waals surface area contributed by atoms with Gasteiger partial charge in [0, 0.05) is 25.0 Å². The van der Waals surface area contributed by atoms with Crippen LogP contribution in [0.4, 0.5) is 0 Å². The van der Waals surface area contributed by atoms with Crippen LogP contribution in [0.5, 0.6) is 0 Å². The molecule has 4 rings (SSSR count). The lowest BCUT2D eigenvalue weighted by Crippen LogP contribution is -2.45. The van der Waals surface area contributed by atoms with E-state index < -0.39 is 0 Å². The van der Waals surface area contributed by atoms with Crippen LogP contribution in [0.25, 0.3) is 6.08 Å². The molecular formula is C20H26N4O. The van der Waals surface area contributed by atoms with Gasteiger partial charge in [0.05, 0.1) is 6.54 Å². The average molecular weight is 338 g/mol. The first-order valence-corrected chi connectivity index (χ1v) is 9.36. The summed E-state index contributed by atoms with van der Waals surface area (Å²) in [4.78, 5) is 6.98. The fraction of sp³-hybridized carbons (Fsp3) is 0.500. The van der Waals surface area contributed by atoms with Crippen LogP contribution in [0.2, 0.25) is 0 Å². The van der Waals surface area contributed by atoms with Gasteiger partial charge in [-0.05, 0) is 37.8 Å². The van der Waals surface area contributed by atoms with Gasteiger partial charge in [-0.15, -0.1) is 0 Å². The molecule has 2 aromatic rings. The Bertz CT molecular complexity index is 693. The Morgan fingerprint density at radius 1 is 1.20 bits per heavy atom. The number of benzene rings is 1. The van der Waals surface area contributed by atoms with Crippen LogP contribution in [0.1, 0.15) is 48.9 Å². The molecule has 0 spiro atoms. The first-order chi connectivity index (χ1) is 12.4. The molecule has 0 radical (unpaired) electrons. The molecule has 1 saturated carbocycles. The molecule has 1 saturated heterocycles. The third-order valence-electron chi connectivity index (χ3n) is 4.92. The van der Waals surface area contributed by atoms with E-state index >= 15 is 0 Å². The van der Waals surface area contributed by atoms with E-state index in [9.17, 15) is 0 Å². The number of hydrogen-bond donors (Lipinski definition) is 1. The van der Waals surface area contributed by atoms with Crippen LogP contribution in [-0.2, 0) is 6.54 Å². The minimum atomic E-state index is 0.531. The van der Waals surface area contributed by atoms with Crippen molar-refractivity contribution < 1.29 is 4.52 Å². The van der Waals surface area contributed by atoms with E-state index in [2.05, 4.69) is 56.8 Å². The summed E-state index contributed by atoms with van der Waals surface area (Å²) >= 11 is 0. The zero-order chi connectivity index (χ0) is 16.9. The maximum Gasteiger partial charge on any atom is 0.229 e. The van der Waals surface area contributed by atoms with E-state index in [0.29, 0.717) is 12.0 Å². The van der Waals surface area contributed by atoms with Crippen molar-refractivity contribution in [3.05, 3.63) is 53.7 Å². The molecule has 1 unspecified atom stereocenters. The van der Waals surface area contributed by atoms with Crippen LogP contribution in [0.15, 0.2) is 40.9 Å². The van der Waals surface area contributed by atoms with Gasteiger partial charge in [-0.1, -0.05) is 47.6 Å². The Hall–Kier alpha value is -1.98. The normalized spacial score (nSPS) is 21.8. The van der Waals surface area contributed by atoms with Crippen LogP contribution >= 0.6 is 0 Å². The molecule has 0 bridgehead atoms. The van der Waals surface area contributed by atoms with Crippen LogP contribution in [-0.4, -0.2) is 40.7 Å². The molecule has 2 fully saturated rings. The molecule has 5 nitrogen and oxygen atoms in total. The Kier molecular flexibility index (Phi) is 5.23. The maximum absolute atomic E-state index is 5.37. The molecule has 1 atom stereocenters. The zero-order valence-corrected chi connectivity index (χ0v) is 14.6. The number of nitrogens with one attached hydrogen (secondary N) is 1. The molecule has 1 aliphatic carbocycles. The molecule has 1 N–H and O–H groups in total. The topological polar surface area (TPSA) is 54.2 Å². The summed E-state index contributed by atoms with van der Waals surface area (Å²) < 4.78 is 5.37. The number of likely N-dealkylation sites (tertiary alicyclic amines) is 1. The summed E-state index contributed by atoms with van der Waals surface area (Å²) in [5.74, 6) is 2.22. The summed E-state index contributed by atoms with van der Waals surface area (Å²) in [6.07, 6.45) is 9.23. The predicted molar refractivity (Wildman–Crippen MR) is 98.1 cm³/mol. The lowest BCUT2D eigenvalue weighted by atomic mass is 10.1. The van der Waals surface area contributed by atoms with Crippen molar-refractivity contribution in [2.75, 3.05) is 19.6 Å². The largest absolute Gasteiger partial charge is 0.339 e. The van der Waals surface area contributed by atoms with E-state index in [4.69, 9.17) is 4.52 Å². The summed E-state index contributed by atoms with van der Waals surface area (Å²) in [5.41, 5.74) is 1.25. The molecule has 1 aliphatic heterocycles. The second kappa shape index (κ2) is 7.93. The van der Waals surface area contributed by atoms with E-state index in [0.717, 1.165) is 37.9 Å². The number of rotatable bonds is 7. The highest BCUT2D eigenvalue weighted by molar-refractivity contribution is 5.48. The summed E-state index contributed by atoms with van der Waals surface area (Å²) in [7, 11) is 0. The van der Waals surface area contributed by atoms with E-state index in [1.807, 2.05) is 6.07 Å². The molecule has 25 heavy (non-hydrogen) atoms. The summed E-state index contributed by atoms with van der Waals surface area (Å²) in [6.45, 7) is 3.87. The van der Waals surface area contributed by atoms with E-state index in [1.165, 1.54) is 31.2 Å². The Morgan fingerprint density at radius 2 is 2.08 bits per heavy atom. The van der Waals surface area contributed by atoms with Gasteiger partial charge in [-0.2, -0.15) is 4.98 Å². The second-order valence-electron chi connectivity index (χ2n) is 7.12. The molecule has 1 aromatic carbocycles. The summed E-state index contributed by atoms with van der Waals surface area (Å²) in [6, 6.07) is 11.0. The molecule has 2 heterocycles. The van der Waals surface area contributed by atoms with Gasteiger partial charge in [0.1, 0.15) is 0 Å². The highest BCUT2D eigenvalue weighted by Crippen LogP contribution is 2.38. The lowest BCUT2D eigenvalue weighted by molar-refractivity contribution is 0.180. The van der Waals surface area contributed by atoms with Gasteiger partial charge in [0.25, 0.3) is 0 Å². The van der Waals surface area contributed by atoms with Gasteiger partial charge in [-0.25, -0.2) is 0 Å². The van der Waals surface area contributed by atoms with Gasteiger partial charge in [0.2, 0.25) is 5.89 Å². The predicted octanol–water partition coefficient (Wildman–Crippen LogP) is 3.21. The van der Waals surface area contributed by atoms with Gasteiger partial charge < -0.3 is 9.84 Å². The Morgan fingerprint density at radius 3 is 2.92 bits per heavy atom. The fourth-order valence-electron chi connectivity index (χ4n) is 3.39. The molecule has 132 valence electrons. The Balaban J connectivity index is 1.22. The van der Waals surface area contributed by atoms with E-state index in [-0.39, 0.29) is 0 Å². The first kappa shape index (κ1) is 16.5. The van der Waals surface area contributed by atoms with Crippen LogP contribution < -0.4 is 5.32 Å². The average Bonchev–Trinajstić information content (AvgIpc) is 3.40. The van der Waals surface area contributed by atoms with Crippen molar-refractivity contribution in [1.82, 2.24) is 20.4 Å². The van der Waals surface area contributed by atoms with Crippen molar-refractivity contribution in [3.63, 3.8) is 0 Å². The molecular weight excluding hydrogens is 312 g/mol. The lowest BCUT2D eigenvalue weighted by Gasteiger charge is -2.32. The molecule has 2 aliphatic rings. The molecule has 0 amide bonds. The van der Waals surface area contributed by atoms with E-state index in [1.54, 1.807) is 0 Å². The smallest absolute Gasteiger partial charge is 0.229 e. The standard InChI is InChI=1S/C20H26N4O/c1-2-6-16(7-3-1)8-4-12-21-18-9-5-13-24(14-18)15-19-22-20(25-23-19)17-10-11-17/h1-4,6-8,17-18,21H,5,9-15H2. The maximum atomic E-state index is 5.37. The van der Waals surface area contributed by atoms with Crippen molar-refractivity contribution in [2.24, 2.45) is 0 Å². The number of nitrogens with zero attached hydrogens (tertiary/aromatic N) is 3. The minimum absolute atomic E-state index is 0.531. The summed E-state index contributed by atoms with van der Waals surface area (Å²) in [5, 5.41) is 7.79. The van der Waals surface area contributed by atoms with Crippen LogP contribution in [0.3, 0.4) is 0 Å². The van der Waals surface area contributed by atoms with Crippen molar-refractivity contribution in [1.29, 1.82) is 0 Å². The van der Waals surface area contributed by atoms with Crippen molar-refractivity contribution in [3.8, 4) is 0 Å². The fourth-order valence-corrected chi connectivity index (χ4v) is 3.39. The second-order valence-corrected chi connectivity index (χ2v) is 7.12. The zero-order valence-electron chi connectivity index (χ0n) is 14.6. The van der Waals surface area contributed by atoms with Crippen molar-refractivity contribution >= 4 is 6.08 Å². The quantitative estimate of drug-likeness (QED) is 0.840. The first-order valence-electron chi connectivity index (χ1n) is 9.36. The van der Waals surface area contributed by atoms with Gasteiger partial charge in [-0.3, -0.25) is 4.90 Å². The van der Waals surface area contributed by atoms with Crippen molar-refractivity contribution in [2.45, 2.75) is 44.2 Å². The highest BCUT2D eigenvalue weighted by Gasteiger charge is 2.30. The number of aromatic nitrogens is 2. The third kappa shape index (κ3) is 4.77. The number of piperidine rings is 1. The highest BCUT2D eigenvalue weighted by atomic mass is 16.5. The monoisotopic (exact) mass is 338 g/mol.